The molecule has 0 radical (unpaired) electrons. The Morgan fingerprint density at radius 2 is 2.44 bits per heavy atom. The molecule has 0 aromatic carbocycles. The van der Waals surface area contributed by atoms with Crippen LogP contribution in [0.25, 0.3) is 0 Å². The highest BCUT2D eigenvalue weighted by molar-refractivity contribution is 7.98. The fraction of sp³-hybridized carbons (Fsp3) is 0.778. The second-order valence-corrected chi connectivity index (χ2v) is 4.88. The van der Waals surface area contributed by atoms with E-state index >= 15 is 0 Å². The summed E-state index contributed by atoms with van der Waals surface area (Å²) in [5.41, 5.74) is 0. The van der Waals surface area contributed by atoms with E-state index < -0.39 is 12.0 Å². The molecule has 1 heterocycles. The minimum absolute atomic E-state index is 0.367. The van der Waals surface area contributed by atoms with Gasteiger partial charge in [-0.05, 0) is 41.7 Å². The smallest absolute Gasteiger partial charge is 0.328 e. The monoisotopic (exact) mass is 242 g/mol. The Labute approximate surface area is 97.4 Å². The number of aromatic nitrogens is 4. The fourth-order valence-electron chi connectivity index (χ4n) is 1.61. The number of aliphatic carboxylic acids is 1. The molecule has 16 heavy (non-hydrogen) atoms. The third-order valence-electron chi connectivity index (χ3n) is 2.64. The van der Waals surface area contributed by atoms with Gasteiger partial charge in [0.2, 0.25) is 0 Å². The highest BCUT2D eigenvalue weighted by atomic mass is 32.2. The molecule has 1 aromatic heterocycles. The Balaban J connectivity index is 2.16. The molecule has 1 unspecified atom stereocenters. The van der Waals surface area contributed by atoms with E-state index in [4.69, 9.17) is 0 Å². The van der Waals surface area contributed by atoms with Gasteiger partial charge in [0.1, 0.15) is 0 Å². The Bertz CT molecular complexity index is 377. The van der Waals surface area contributed by atoms with Gasteiger partial charge in [0.15, 0.2) is 11.9 Å². The third kappa shape index (κ3) is 2.34. The molecule has 6 nitrogen and oxygen atoms in total. The van der Waals surface area contributed by atoms with Crippen LogP contribution in [0.5, 0.6) is 0 Å². The van der Waals surface area contributed by atoms with E-state index in [-0.39, 0.29) is 0 Å². The maximum atomic E-state index is 11.2. The van der Waals surface area contributed by atoms with Crippen LogP contribution < -0.4 is 0 Å². The molecule has 1 aliphatic carbocycles. The SMILES string of the molecule is CSCCC(C(=O)O)n1nnnc1C1CC1. The molecule has 0 aliphatic heterocycles. The Kier molecular flexibility index (Phi) is 3.42. The maximum absolute atomic E-state index is 11.2. The lowest BCUT2D eigenvalue weighted by Crippen LogP contribution is -2.23. The maximum Gasteiger partial charge on any atom is 0.328 e. The Hall–Kier alpha value is -1.11. The van der Waals surface area contributed by atoms with E-state index in [2.05, 4.69) is 15.5 Å². The summed E-state index contributed by atoms with van der Waals surface area (Å²) in [6.45, 7) is 0. The van der Waals surface area contributed by atoms with Crippen molar-refractivity contribution in [3.05, 3.63) is 5.82 Å². The van der Waals surface area contributed by atoms with Crippen molar-refractivity contribution < 1.29 is 9.90 Å². The first-order valence-electron chi connectivity index (χ1n) is 5.23. The van der Waals surface area contributed by atoms with Crippen LogP contribution in [0.4, 0.5) is 0 Å². The van der Waals surface area contributed by atoms with Gasteiger partial charge in [-0.1, -0.05) is 0 Å². The van der Waals surface area contributed by atoms with Crippen molar-refractivity contribution in [2.75, 3.05) is 12.0 Å². The molecule has 0 bridgehead atoms. The molecule has 0 saturated heterocycles. The zero-order chi connectivity index (χ0) is 11.5. The van der Waals surface area contributed by atoms with Crippen molar-refractivity contribution in [3.63, 3.8) is 0 Å². The highest BCUT2D eigenvalue weighted by Crippen LogP contribution is 2.39. The number of tetrazole rings is 1. The van der Waals surface area contributed by atoms with Crippen molar-refractivity contribution in [3.8, 4) is 0 Å². The summed E-state index contributed by atoms with van der Waals surface area (Å²) in [6, 6.07) is -0.627. The number of carboxylic acids is 1. The van der Waals surface area contributed by atoms with Crippen LogP contribution in [-0.4, -0.2) is 43.3 Å². The number of thioether (sulfide) groups is 1. The van der Waals surface area contributed by atoms with E-state index in [0.717, 1.165) is 24.4 Å². The molecule has 1 aromatic rings. The summed E-state index contributed by atoms with van der Waals surface area (Å²) < 4.78 is 1.48. The summed E-state index contributed by atoms with van der Waals surface area (Å²) >= 11 is 1.63. The van der Waals surface area contributed by atoms with E-state index in [1.165, 1.54) is 4.68 Å². The molecule has 2 rings (SSSR count). The first-order chi connectivity index (χ1) is 7.74. The van der Waals surface area contributed by atoms with E-state index in [1.807, 2.05) is 6.26 Å². The molecule has 1 N–H and O–H groups in total. The molecule has 1 aliphatic rings. The molecule has 0 spiro atoms. The van der Waals surface area contributed by atoms with Gasteiger partial charge < -0.3 is 5.11 Å². The number of nitrogens with zero attached hydrogens (tertiary/aromatic N) is 4. The zero-order valence-electron chi connectivity index (χ0n) is 9.04. The topological polar surface area (TPSA) is 80.9 Å². The van der Waals surface area contributed by atoms with Crippen LogP contribution in [0.3, 0.4) is 0 Å². The van der Waals surface area contributed by atoms with Gasteiger partial charge >= 0.3 is 5.97 Å². The second kappa shape index (κ2) is 4.82. The van der Waals surface area contributed by atoms with Gasteiger partial charge in [0.05, 0.1) is 0 Å². The molecular formula is C9H14N4O2S. The Morgan fingerprint density at radius 3 is 3.00 bits per heavy atom. The largest absolute Gasteiger partial charge is 0.480 e. The van der Waals surface area contributed by atoms with Crippen molar-refractivity contribution in [2.45, 2.75) is 31.2 Å². The van der Waals surface area contributed by atoms with Crippen LogP contribution >= 0.6 is 11.8 Å². The molecule has 88 valence electrons. The third-order valence-corrected chi connectivity index (χ3v) is 3.28. The molecule has 1 atom stereocenters. The standard InChI is InChI=1S/C9H14N4O2S/c1-16-5-4-7(9(14)15)13-8(6-2-3-6)10-11-12-13/h6-7H,2-5H2,1H3,(H,14,15). The number of hydrogen-bond acceptors (Lipinski definition) is 5. The van der Waals surface area contributed by atoms with E-state index in [9.17, 15) is 9.90 Å². The van der Waals surface area contributed by atoms with Gasteiger partial charge in [0, 0.05) is 5.92 Å². The number of rotatable bonds is 6. The zero-order valence-corrected chi connectivity index (χ0v) is 9.85. The molecule has 1 saturated carbocycles. The average Bonchev–Trinajstić information content (AvgIpc) is 2.99. The van der Waals surface area contributed by atoms with Gasteiger partial charge in [0.25, 0.3) is 0 Å². The summed E-state index contributed by atoms with van der Waals surface area (Å²) in [4.78, 5) is 11.2. The lowest BCUT2D eigenvalue weighted by molar-refractivity contribution is -0.141. The average molecular weight is 242 g/mol. The molecule has 0 amide bonds. The van der Waals surface area contributed by atoms with E-state index in [0.29, 0.717) is 12.3 Å². The second-order valence-electron chi connectivity index (χ2n) is 3.89. The van der Waals surface area contributed by atoms with Gasteiger partial charge in [-0.3, -0.25) is 0 Å². The predicted molar refractivity (Wildman–Crippen MR) is 59.5 cm³/mol. The normalized spacial score (nSPS) is 17.3. The summed E-state index contributed by atoms with van der Waals surface area (Å²) in [6.07, 6.45) is 4.64. The van der Waals surface area contributed by atoms with Crippen molar-refractivity contribution in [1.82, 2.24) is 20.2 Å². The van der Waals surface area contributed by atoms with Crippen LogP contribution in [0.1, 0.15) is 37.0 Å². The van der Waals surface area contributed by atoms with Crippen LogP contribution in [0.15, 0.2) is 0 Å². The first-order valence-corrected chi connectivity index (χ1v) is 6.63. The summed E-state index contributed by atoms with van der Waals surface area (Å²) in [7, 11) is 0. The number of hydrogen-bond donors (Lipinski definition) is 1. The fourth-order valence-corrected chi connectivity index (χ4v) is 2.07. The van der Waals surface area contributed by atoms with Gasteiger partial charge in [-0.2, -0.15) is 11.8 Å². The lowest BCUT2D eigenvalue weighted by atomic mass is 10.2. The minimum atomic E-state index is -0.858. The van der Waals surface area contributed by atoms with Crippen molar-refractivity contribution in [2.24, 2.45) is 0 Å². The number of carbonyl (C=O) groups is 1. The molecule has 7 heteroatoms. The summed E-state index contributed by atoms with van der Waals surface area (Å²) in [5, 5.41) is 20.5. The summed E-state index contributed by atoms with van der Waals surface area (Å²) in [5.74, 6) is 1.03. The number of carboxylic acid groups (broad SMARTS) is 1. The lowest BCUT2D eigenvalue weighted by Gasteiger charge is -2.12. The van der Waals surface area contributed by atoms with Gasteiger partial charge in [-0.25, -0.2) is 9.48 Å². The van der Waals surface area contributed by atoms with Crippen LogP contribution in [0, 0.1) is 0 Å². The minimum Gasteiger partial charge on any atom is -0.480 e. The van der Waals surface area contributed by atoms with Gasteiger partial charge in [-0.15, -0.1) is 5.10 Å². The molecule has 1 fully saturated rings. The molecular weight excluding hydrogens is 228 g/mol. The predicted octanol–water partition coefficient (Wildman–Crippen LogP) is 0.929. The van der Waals surface area contributed by atoms with Crippen molar-refractivity contribution in [1.29, 1.82) is 0 Å². The first kappa shape index (κ1) is 11.4. The van der Waals surface area contributed by atoms with Crippen LogP contribution in [0.2, 0.25) is 0 Å². The van der Waals surface area contributed by atoms with Crippen molar-refractivity contribution >= 4 is 17.7 Å². The Morgan fingerprint density at radius 1 is 1.69 bits per heavy atom. The van der Waals surface area contributed by atoms with Crippen LogP contribution in [-0.2, 0) is 4.79 Å². The quantitative estimate of drug-likeness (QED) is 0.799. The van der Waals surface area contributed by atoms with E-state index in [1.54, 1.807) is 11.8 Å². The highest BCUT2D eigenvalue weighted by Gasteiger charge is 2.33.